The Morgan fingerprint density at radius 2 is 1.71 bits per heavy atom. The van der Waals surface area contributed by atoms with Gasteiger partial charge in [0.05, 0.1) is 39.4 Å². The maximum Gasteiger partial charge on any atom is 0.267 e. The predicted octanol–water partition coefficient (Wildman–Crippen LogP) is 4.75. The topological polar surface area (TPSA) is 77.3 Å². The maximum absolute atomic E-state index is 13.5. The zero-order chi connectivity index (χ0) is 21.9. The van der Waals surface area contributed by atoms with Gasteiger partial charge in [-0.2, -0.15) is 5.10 Å². The molecule has 31 heavy (non-hydrogen) atoms. The summed E-state index contributed by atoms with van der Waals surface area (Å²) in [6.07, 6.45) is 1.41. The van der Waals surface area contributed by atoms with Crippen LogP contribution < -0.4 is 9.64 Å². The van der Waals surface area contributed by atoms with Gasteiger partial charge in [-0.15, -0.1) is 0 Å². The van der Waals surface area contributed by atoms with Crippen molar-refractivity contribution < 1.29 is 14.3 Å². The average molecular weight is 453 g/mol. The molecule has 3 heterocycles. The zero-order valence-electron chi connectivity index (χ0n) is 16.4. The Labute approximate surface area is 186 Å². The summed E-state index contributed by atoms with van der Waals surface area (Å²) in [4.78, 5) is 32.1. The van der Waals surface area contributed by atoms with Gasteiger partial charge in [0.1, 0.15) is 11.4 Å². The molecular formula is C22H14Cl2N4O3. The third-order valence-corrected chi connectivity index (χ3v) is 5.97. The third-order valence-electron chi connectivity index (χ3n) is 5.23. The van der Waals surface area contributed by atoms with Gasteiger partial charge in [0, 0.05) is 18.8 Å². The number of hydrogen-bond donors (Lipinski definition) is 0. The summed E-state index contributed by atoms with van der Waals surface area (Å²) in [7, 11) is 3.33. The van der Waals surface area contributed by atoms with Gasteiger partial charge in [-0.25, -0.2) is 14.6 Å². The van der Waals surface area contributed by atoms with Gasteiger partial charge in [0.25, 0.3) is 11.8 Å². The lowest BCUT2D eigenvalue weighted by Crippen LogP contribution is -2.29. The largest absolute Gasteiger partial charge is 0.497 e. The highest BCUT2D eigenvalue weighted by atomic mass is 35.5. The monoisotopic (exact) mass is 452 g/mol. The Balaban J connectivity index is 1.72. The summed E-state index contributed by atoms with van der Waals surface area (Å²) in [6.45, 7) is 0. The second-order valence-corrected chi connectivity index (χ2v) is 7.80. The first kappa shape index (κ1) is 19.5. The van der Waals surface area contributed by atoms with E-state index in [9.17, 15) is 9.59 Å². The molecule has 154 valence electrons. The van der Waals surface area contributed by atoms with Crippen LogP contribution in [0.1, 0.15) is 20.7 Å². The van der Waals surface area contributed by atoms with Gasteiger partial charge in [-0.05, 0) is 42.5 Å². The number of aryl methyl sites for hydroxylation is 1. The van der Waals surface area contributed by atoms with E-state index in [-0.39, 0.29) is 16.1 Å². The van der Waals surface area contributed by atoms with E-state index in [0.29, 0.717) is 33.2 Å². The molecule has 0 atom stereocenters. The fraction of sp³-hybridized carbons (Fsp3) is 0.0909. The number of nitrogens with zero attached hydrogens (tertiary/aromatic N) is 4. The van der Waals surface area contributed by atoms with Crippen molar-refractivity contribution in [3.63, 3.8) is 0 Å². The third kappa shape index (κ3) is 2.89. The van der Waals surface area contributed by atoms with Crippen molar-refractivity contribution >= 4 is 51.7 Å². The Hall–Kier alpha value is -3.42. The van der Waals surface area contributed by atoms with Crippen LogP contribution in [-0.2, 0) is 7.05 Å². The quantitative estimate of drug-likeness (QED) is 0.419. The van der Waals surface area contributed by atoms with Gasteiger partial charge in [-0.3, -0.25) is 9.59 Å². The van der Waals surface area contributed by atoms with E-state index in [1.807, 2.05) is 12.1 Å². The molecule has 0 radical (unpaired) electrons. The fourth-order valence-corrected chi connectivity index (χ4v) is 4.03. The Morgan fingerprint density at radius 3 is 2.39 bits per heavy atom. The van der Waals surface area contributed by atoms with Crippen molar-refractivity contribution in [2.24, 2.45) is 7.05 Å². The highest BCUT2D eigenvalue weighted by molar-refractivity contribution is 6.43. The number of fused-ring (bicyclic) bond motifs is 3. The van der Waals surface area contributed by atoms with E-state index in [4.69, 9.17) is 27.9 Å². The number of anilines is 1. The summed E-state index contributed by atoms with van der Waals surface area (Å²) in [6, 6.07) is 11.9. The van der Waals surface area contributed by atoms with Crippen molar-refractivity contribution in [3.8, 4) is 17.0 Å². The van der Waals surface area contributed by atoms with Crippen LogP contribution in [0, 0.1) is 0 Å². The molecule has 1 aliphatic rings. The van der Waals surface area contributed by atoms with E-state index >= 15 is 0 Å². The number of methoxy groups -OCH3 is 1. The number of aromatic nitrogens is 3. The molecular weight excluding hydrogens is 439 g/mol. The smallest absolute Gasteiger partial charge is 0.267 e. The minimum atomic E-state index is -0.475. The molecule has 2 amide bonds. The number of carbonyl (C=O) groups is 2. The molecule has 2 aromatic carbocycles. The molecule has 0 aliphatic carbocycles. The van der Waals surface area contributed by atoms with Crippen LogP contribution >= 0.6 is 23.2 Å². The molecule has 0 fully saturated rings. The van der Waals surface area contributed by atoms with E-state index < -0.39 is 11.8 Å². The van der Waals surface area contributed by atoms with Crippen LogP contribution in [0.25, 0.3) is 22.3 Å². The molecule has 2 aromatic heterocycles. The molecule has 0 saturated carbocycles. The number of amides is 2. The van der Waals surface area contributed by atoms with E-state index in [1.54, 1.807) is 43.1 Å². The number of carbonyl (C=O) groups excluding carboxylic acids is 2. The van der Waals surface area contributed by atoms with Crippen LogP contribution in [0.5, 0.6) is 5.75 Å². The highest BCUT2D eigenvalue weighted by Crippen LogP contribution is 2.38. The van der Waals surface area contributed by atoms with Crippen LogP contribution in [0.15, 0.2) is 48.7 Å². The van der Waals surface area contributed by atoms with Gasteiger partial charge in [0.15, 0.2) is 5.65 Å². The van der Waals surface area contributed by atoms with Crippen LogP contribution in [0.2, 0.25) is 10.0 Å². The number of benzene rings is 2. The van der Waals surface area contributed by atoms with Crippen molar-refractivity contribution in [2.75, 3.05) is 12.0 Å². The van der Waals surface area contributed by atoms with Crippen LogP contribution in [-0.4, -0.2) is 33.7 Å². The standard InChI is InChI=1S/C22H14Cl2N4O3/c1-27-20-18(19(26-27)11-3-6-13(31-2)7-4-11)17-14(10-25-20)21(29)28(22(17)30)12-5-8-15(23)16(24)9-12/h3-10H,1-2H3. The van der Waals surface area contributed by atoms with Crippen molar-refractivity contribution in [1.29, 1.82) is 0 Å². The predicted molar refractivity (Wildman–Crippen MR) is 118 cm³/mol. The molecule has 0 saturated heterocycles. The molecule has 0 bridgehead atoms. The van der Waals surface area contributed by atoms with Crippen molar-refractivity contribution in [1.82, 2.24) is 14.8 Å². The van der Waals surface area contributed by atoms with Gasteiger partial charge in [0.2, 0.25) is 0 Å². The number of rotatable bonds is 3. The first-order chi connectivity index (χ1) is 14.9. The number of halogens is 2. The summed E-state index contributed by atoms with van der Waals surface area (Å²) < 4.78 is 6.81. The summed E-state index contributed by atoms with van der Waals surface area (Å²) in [5.74, 6) is -0.240. The van der Waals surface area contributed by atoms with E-state index in [2.05, 4.69) is 10.1 Å². The van der Waals surface area contributed by atoms with Gasteiger partial charge < -0.3 is 4.74 Å². The second kappa shape index (κ2) is 7.08. The van der Waals surface area contributed by atoms with E-state index in [1.165, 1.54) is 12.3 Å². The molecule has 4 aromatic rings. The van der Waals surface area contributed by atoms with Crippen LogP contribution in [0.4, 0.5) is 5.69 Å². The second-order valence-electron chi connectivity index (χ2n) is 6.99. The zero-order valence-corrected chi connectivity index (χ0v) is 17.9. The maximum atomic E-state index is 13.5. The number of pyridine rings is 1. The number of hydrogen-bond acceptors (Lipinski definition) is 5. The normalized spacial score (nSPS) is 13.2. The molecule has 7 nitrogen and oxygen atoms in total. The first-order valence-corrected chi connectivity index (χ1v) is 10.00. The van der Waals surface area contributed by atoms with Gasteiger partial charge in [-0.1, -0.05) is 23.2 Å². The molecule has 0 spiro atoms. The Morgan fingerprint density at radius 1 is 0.968 bits per heavy atom. The minimum absolute atomic E-state index is 0.214. The Bertz CT molecular complexity index is 1400. The lowest BCUT2D eigenvalue weighted by Gasteiger charge is -2.14. The first-order valence-electron chi connectivity index (χ1n) is 9.24. The summed E-state index contributed by atoms with van der Waals surface area (Å²) in [5.41, 5.74) is 2.65. The fourth-order valence-electron chi connectivity index (χ4n) is 3.74. The van der Waals surface area contributed by atoms with Crippen molar-refractivity contribution in [2.45, 2.75) is 0 Å². The average Bonchev–Trinajstić information content (AvgIpc) is 3.24. The van der Waals surface area contributed by atoms with E-state index in [0.717, 1.165) is 10.5 Å². The highest BCUT2D eigenvalue weighted by Gasteiger charge is 2.40. The Kier molecular flexibility index (Phi) is 4.46. The molecule has 0 N–H and O–H groups in total. The molecule has 9 heteroatoms. The lowest BCUT2D eigenvalue weighted by molar-refractivity contribution is 0.0926. The molecule has 5 rings (SSSR count). The van der Waals surface area contributed by atoms with Crippen LogP contribution in [0.3, 0.4) is 0 Å². The summed E-state index contributed by atoms with van der Waals surface area (Å²) >= 11 is 12.1. The number of ether oxygens (including phenoxy) is 1. The summed E-state index contributed by atoms with van der Waals surface area (Å²) in [5, 5.41) is 5.67. The molecule has 0 unspecified atom stereocenters. The number of imide groups is 1. The van der Waals surface area contributed by atoms with Gasteiger partial charge >= 0.3 is 0 Å². The lowest BCUT2D eigenvalue weighted by atomic mass is 10.0. The van der Waals surface area contributed by atoms with Crippen molar-refractivity contribution in [3.05, 3.63) is 69.8 Å². The SMILES string of the molecule is COc1ccc(-c2nn(C)c3ncc4c(c23)C(=O)N(c2ccc(Cl)c(Cl)c2)C4=O)cc1. The minimum Gasteiger partial charge on any atom is -0.497 e. The molecule has 1 aliphatic heterocycles.